The summed E-state index contributed by atoms with van der Waals surface area (Å²) in [5.41, 5.74) is 3.64. The molecule has 4 aromatic rings. The molecular weight excluding hydrogens is 485 g/mol. The molecule has 0 fully saturated rings. The Hall–Kier alpha value is -4.46. The maximum atomic E-state index is 13.1. The topological polar surface area (TPSA) is 75.5 Å². The van der Waals surface area contributed by atoms with Crippen molar-refractivity contribution in [1.82, 2.24) is 15.0 Å². The van der Waals surface area contributed by atoms with Crippen LogP contribution in [0.15, 0.2) is 72.9 Å². The summed E-state index contributed by atoms with van der Waals surface area (Å²) in [5, 5.41) is 8.27. The highest BCUT2D eigenvalue weighted by Gasteiger charge is 2.29. The van der Waals surface area contributed by atoms with E-state index >= 15 is 0 Å². The van der Waals surface area contributed by atoms with Crippen LogP contribution in [0.25, 0.3) is 6.08 Å². The summed E-state index contributed by atoms with van der Waals surface area (Å²) in [6, 6.07) is 17.4. The van der Waals surface area contributed by atoms with Crippen molar-refractivity contribution in [2.24, 2.45) is 0 Å². The maximum absolute atomic E-state index is 13.1. The fourth-order valence-electron chi connectivity index (χ4n) is 4.59. The number of aromatic nitrogens is 3. The van der Waals surface area contributed by atoms with Gasteiger partial charge in [0.25, 0.3) is 0 Å². The van der Waals surface area contributed by atoms with E-state index in [1.807, 2.05) is 44.2 Å². The minimum Gasteiger partial charge on any atom is -0.487 e. The molecule has 192 valence electrons. The van der Waals surface area contributed by atoms with Crippen LogP contribution in [0, 0.1) is 5.82 Å². The summed E-state index contributed by atoms with van der Waals surface area (Å²) < 4.78 is 33.0. The van der Waals surface area contributed by atoms with E-state index in [-0.39, 0.29) is 30.2 Å². The Balaban J connectivity index is 1.13. The van der Waals surface area contributed by atoms with Gasteiger partial charge in [-0.3, -0.25) is 4.79 Å². The van der Waals surface area contributed by atoms with Gasteiger partial charge in [-0.05, 0) is 67.4 Å². The first-order valence-electron chi connectivity index (χ1n) is 12.4. The van der Waals surface area contributed by atoms with Crippen molar-refractivity contribution in [2.45, 2.75) is 45.1 Å². The highest BCUT2D eigenvalue weighted by Crippen LogP contribution is 2.39. The zero-order valence-corrected chi connectivity index (χ0v) is 21.1. The van der Waals surface area contributed by atoms with E-state index in [2.05, 4.69) is 10.3 Å². The largest absolute Gasteiger partial charge is 0.487 e. The molecular formula is C30H26FN3O4. The first-order chi connectivity index (χ1) is 18.3. The molecule has 2 aliphatic rings. The van der Waals surface area contributed by atoms with Crippen molar-refractivity contribution in [1.29, 1.82) is 0 Å². The smallest absolute Gasteiger partial charge is 0.170 e. The first kappa shape index (κ1) is 23.9. The van der Waals surface area contributed by atoms with Crippen LogP contribution in [0.4, 0.5) is 4.39 Å². The molecule has 0 N–H and O–H groups in total. The molecule has 8 heteroatoms. The number of Topliss-reactive ketones (excluding diaryl/α,β-unsaturated/α-hetero) is 1. The Morgan fingerprint density at radius 3 is 2.76 bits per heavy atom. The molecule has 0 aliphatic carbocycles. The molecule has 6 rings (SSSR count). The zero-order valence-electron chi connectivity index (χ0n) is 21.1. The van der Waals surface area contributed by atoms with E-state index in [0.717, 1.165) is 22.4 Å². The van der Waals surface area contributed by atoms with Gasteiger partial charge in [-0.2, -0.15) is 0 Å². The first-order valence-corrected chi connectivity index (χ1v) is 12.4. The standard InChI is InChI=1S/C30H26FN3O4/c1-30(2)12-11-21-13-20(5-10-27(21)38-30)28-15-26(35)25-9-8-24(14-29(25)37-28)36-18-23-17-34(33-32-23)16-19-3-6-22(31)7-4-19/h3-14,17,28H,15-16,18H2,1-2H3. The number of benzene rings is 3. The molecule has 0 radical (unpaired) electrons. The Bertz CT molecular complexity index is 1540. The average molecular weight is 512 g/mol. The third-order valence-corrected chi connectivity index (χ3v) is 6.57. The number of carbonyl (C=O) groups is 1. The van der Waals surface area contributed by atoms with Crippen molar-refractivity contribution in [2.75, 3.05) is 0 Å². The summed E-state index contributed by atoms with van der Waals surface area (Å²) in [7, 11) is 0. The quantitative estimate of drug-likeness (QED) is 0.319. The number of fused-ring (bicyclic) bond motifs is 2. The number of halogens is 1. The van der Waals surface area contributed by atoms with Crippen molar-refractivity contribution in [3.05, 3.63) is 107 Å². The van der Waals surface area contributed by atoms with Gasteiger partial charge in [0.1, 0.15) is 47.1 Å². The van der Waals surface area contributed by atoms with Crippen molar-refractivity contribution in [3.63, 3.8) is 0 Å². The lowest BCUT2D eigenvalue weighted by molar-refractivity contribution is 0.0849. The summed E-state index contributed by atoms with van der Waals surface area (Å²) >= 11 is 0. The number of ketones is 1. The molecule has 7 nitrogen and oxygen atoms in total. The van der Waals surface area contributed by atoms with Crippen LogP contribution >= 0.6 is 0 Å². The van der Waals surface area contributed by atoms with E-state index in [1.54, 1.807) is 41.2 Å². The molecule has 3 heterocycles. The molecule has 0 saturated heterocycles. The van der Waals surface area contributed by atoms with Gasteiger partial charge < -0.3 is 14.2 Å². The number of carbonyl (C=O) groups excluding carboxylic acids is 1. The van der Waals surface area contributed by atoms with Gasteiger partial charge in [-0.15, -0.1) is 5.10 Å². The third kappa shape index (κ3) is 5.02. The van der Waals surface area contributed by atoms with Crippen LogP contribution in [0.2, 0.25) is 0 Å². The fraction of sp³-hybridized carbons (Fsp3) is 0.233. The minimum atomic E-state index is -0.398. The summed E-state index contributed by atoms with van der Waals surface area (Å²) in [6.07, 6.45) is 5.71. The summed E-state index contributed by atoms with van der Waals surface area (Å²) in [4.78, 5) is 12.9. The maximum Gasteiger partial charge on any atom is 0.170 e. The number of rotatable bonds is 6. The Labute approximate surface area is 219 Å². The molecule has 2 aliphatic heterocycles. The third-order valence-electron chi connectivity index (χ3n) is 6.57. The van der Waals surface area contributed by atoms with Crippen LogP contribution in [0.3, 0.4) is 0 Å². The molecule has 1 atom stereocenters. The van der Waals surface area contributed by atoms with Crippen LogP contribution in [0.1, 0.15) is 59.1 Å². The van der Waals surface area contributed by atoms with Crippen molar-refractivity contribution in [3.8, 4) is 17.2 Å². The minimum absolute atomic E-state index is 0.0252. The van der Waals surface area contributed by atoms with Crippen LogP contribution in [-0.2, 0) is 13.2 Å². The monoisotopic (exact) mass is 511 g/mol. The van der Waals surface area contributed by atoms with Crippen LogP contribution < -0.4 is 14.2 Å². The van der Waals surface area contributed by atoms with Gasteiger partial charge >= 0.3 is 0 Å². The highest BCUT2D eigenvalue weighted by molar-refractivity contribution is 6.00. The second-order valence-corrected chi connectivity index (χ2v) is 10.1. The summed E-state index contributed by atoms with van der Waals surface area (Å²) in [6.45, 7) is 4.70. The van der Waals surface area contributed by atoms with E-state index in [1.165, 1.54) is 12.1 Å². The van der Waals surface area contributed by atoms with E-state index in [4.69, 9.17) is 14.2 Å². The molecule has 0 amide bonds. The highest BCUT2D eigenvalue weighted by atomic mass is 19.1. The van der Waals surface area contributed by atoms with Crippen molar-refractivity contribution >= 4 is 11.9 Å². The van der Waals surface area contributed by atoms with E-state index in [9.17, 15) is 9.18 Å². The Morgan fingerprint density at radius 1 is 1.08 bits per heavy atom. The lowest BCUT2D eigenvalue weighted by Crippen LogP contribution is -2.27. The molecule has 1 unspecified atom stereocenters. The predicted octanol–water partition coefficient (Wildman–Crippen LogP) is 5.94. The number of hydrogen-bond acceptors (Lipinski definition) is 6. The normalized spacial score (nSPS) is 17.2. The van der Waals surface area contributed by atoms with Gasteiger partial charge in [0, 0.05) is 11.6 Å². The number of hydrogen-bond donors (Lipinski definition) is 0. The predicted molar refractivity (Wildman–Crippen MR) is 139 cm³/mol. The van der Waals surface area contributed by atoms with Gasteiger partial charge in [-0.25, -0.2) is 9.07 Å². The second kappa shape index (κ2) is 9.45. The lowest BCUT2D eigenvalue weighted by atomic mass is 9.94. The number of nitrogens with zero attached hydrogens (tertiary/aromatic N) is 3. The molecule has 0 bridgehead atoms. The van der Waals surface area contributed by atoms with Crippen LogP contribution in [0.5, 0.6) is 17.2 Å². The molecule has 3 aromatic carbocycles. The fourth-order valence-corrected chi connectivity index (χ4v) is 4.59. The Kier molecular flexibility index (Phi) is 5.94. The molecule has 0 saturated carbocycles. The van der Waals surface area contributed by atoms with Gasteiger partial charge in [-0.1, -0.05) is 29.5 Å². The summed E-state index contributed by atoms with van der Waals surface area (Å²) in [5.74, 6) is 1.62. The second-order valence-electron chi connectivity index (χ2n) is 10.1. The number of ether oxygens (including phenoxy) is 3. The van der Waals surface area contributed by atoms with Crippen molar-refractivity contribution < 1.29 is 23.4 Å². The zero-order chi connectivity index (χ0) is 26.3. The van der Waals surface area contributed by atoms with Crippen LogP contribution in [-0.4, -0.2) is 26.4 Å². The lowest BCUT2D eigenvalue weighted by Gasteiger charge is -2.30. The molecule has 38 heavy (non-hydrogen) atoms. The molecule has 1 aromatic heterocycles. The Morgan fingerprint density at radius 2 is 1.92 bits per heavy atom. The van der Waals surface area contributed by atoms with Gasteiger partial charge in [0.15, 0.2) is 5.78 Å². The van der Waals surface area contributed by atoms with Gasteiger partial charge in [0.05, 0.1) is 24.7 Å². The van der Waals surface area contributed by atoms with Gasteiger partial charge in [0.2, 0.25) is 0 Å². The SMILES string of the molecule is CC1(C)C=Cc2cc(C3CC(=O)c4ccc(OCc5cn(Cc6ccc(F)cc6)nn5)cc4O3)ccc2O1. The average Bonchev–Trinajstić information content (AvgIpc) is 3.35. The van der Waals surface area contributed by atoms with E-state index in [0.29, 0.717) is 29.3 Å². The van der Waals surface area contributed by atoms with E-state index < -0.39 is 6.10 Å². The molecule has 0 spiro atoms.